The number of hydrogen-bond donors (Lipinski definition) is 1. The summed E-state index contributed by atoms with van der Waals surface area (Å²) < 4.78 is 5.67. The highest BCUT2D eigenvalue weighted by atomic mass is 16.5. The first-order valence-electron chi connectivity index (χ1n) is 5.98. The van der Waals surface area contributed by atoms with Crippen molar-refractivity contribution in [1.29, 1.82) is 0 Å². The Morgan fingerprint density at radius 2 is 2.11 bits per heavy atom. The summed E-state index contributed by atoms with van der Waals surface area (Å²) in [7, 11) is 0. The Hall–Kier alpha value is -2.10. The van der Waals surface area contributed by atoms with Crippen LogP contribution in [0.15, 0.2) is 30.6 Å². The molecular formula is C14H16N2O2. The third-order valence-corrected chi connectivity index (χ3v) is 2.67. The molecule has 0 aliphatic rings. The number of rotatable bonds is 4. The average Bonchev–Trinajstić information content (AvgIpc) is 2.36. The van der Waals surface area contributed by atoms with Gasteiger partial charge in [-0.2, -0.15) is 0 Å². The van der Waals surface area contributed by atoms with Gasteiger partial charge in [0.1, 0.15) is 17.8 Å². The Morgan fingerprint density at radius 1 is 1.28 bits per heavy atom. The van der Waals surface area contributed by atoms with Gasteiger partial charge in [0, 0.05) is 17.3 Å². The van der Waals surface area contributed by atoms with Crippen molar-refractivity contribution in [3.63, 3.8) is 0 Å². The Morgan fingerprint density at radius 3 is 2.89 bits per heavy atom. The fraction of sp³-hybridized carbons (Fsp3) is 0.286. The van der Waals surface area contributed by atoms with Crippen LogP contribution in [0.4, 0.5) is 0 Å². The molecule has 4 heteroatoms. The largest absolute Gasteiger partial charge is 0.508 e. The molecule has 0 saturated carbocycles. The smallest absolute Gasteiger partial charge is 0.222 e. The van der Waals surface area contributed by atoms with Crippen molar-refractivity contribution in [1.82, 2.24) is 9.97 Å². The number of hydrogen-bond acceptors (Lipinski definition) is 4. The molecule has 0 aliphatic carbocycles. The van der Waals surface area contributed by atoms with E-state index in [-0.39, 0.29) is 5.75 Å². The van der Waals surface area contributed by atoms with Crippen LogP contribution in [0, 0.1) is 6.92 Å². The summed E-state index contributed by atoms with van der Waals surface area (Å²) in [5, 5.41) is 9.60. The van der Waals surface area contributed by atoms with Crippen molar-refractivity contribution < 1.29 is 9.84 Å². The molecule has 0 saturated heterocycles. The number of nitrogens with zero attached hydrogens (tertiary/aromatic N) is 2. The van der Waals surface area contributed by atoms with Crippen LogP contribution < -0.4 is 4.74 Å². The van der Waals surface area contributed by atoms with E-state index in [2.05, 4.69) is 16.9 Å². The number of benzene rings is 1. The SMILES string of the molecule is CCCc1cc(Oc2cccc(O)c2C)ncn1. The minimum absolute atomic E-state index is 0.218. The zero-order valence-electron chi connectivity index (χ0n) is 10.6. The second-order valence-electron chi connectivity index (χ2n) is 4.10. The van der Waals surface area contributed by atoms with Crippen LogP contribution >= 0.6 is 0 Å². The summed E-state index contributed by atoms with van der Waals surface area (Å²) in [5.74, 6) is 1.33. The van der Waals surface area contributed by atoms with Crippen LogP contribution in [0.2, 0.25) is 0 Å². The highest BCUT2D eigenvalue weighted by Crippen LogP contribution is 2.29. The maximum Gasteiger partial charge on any atom is 0.222 e. The van der Waals surface area contributed by atoms with Gasteiger partial charge in [-0.3, -0.25) is 0 Å². The lowest BCUT2D eigenvalue weighted by molar-refractivity contribution is 0.437. The van der Waals surface area contributed by atoms with E-state index < -0.39 is 0 Å². The molecule has 4 nitrogen and oxygen atoms in total. The first-order valence-corrected chi connectivity index (χ1v) is 5.98. The van der Waals surface area contributed by atoms with Crippen molar-refractivity contribution in [2.45, 2.75) is 26.7 Å². The predicted octanol–water partition coefficient (Wildman–Crippen LogP) is 3.24. The number of phenols is 1. The molecule has 0 amide bonds. The van der Waals surface area contributed by atoms with Gasteiger partial charge in [0.2, 0.25) is 5.88 Å². The highest BCUT2D eigenvalue weighted by Gasteiger charge is 2.06. The first kappa shape index (κ1) is 12.4. The van der Waals surface area contributed by atoms with Crippen molar-refractivity contribution in [3.8, 4) is 17.4 Å². The van der Waals surface area contributed by atoms with Crippen LogP contribution in [0.25, 0.3) is 0 Å². The number of phenolic OH excluding ortho intramolecular Hbond substituents is 1. The molecule has 94 valence electrons. The van der Waals surface area contributed by atoms with Crippen LogP contribution in [0.3, 0.4) is 0 Å². The van der Waals surface area contributed by atoms with Gasteiger partial charge < -0.3 is 9.84 Å². The van der Waals surface area contributed by atoms with E-state index >= 15 is 0 Å². The Bertz CT molecular complexity index is 541. The number of aryl methyl sites for hydroxylation is 1. The van der Waals surface area contributed by atoms with Gasteiger partial charge in [0.05, 0.1) is 0 Å². The lowest BCUT2D eigenvalue weighted by atomic mass is 10.2. The maximum atomic E-state index is 9.60. The van der Waals surface area contributed by atoms with Gasteiger partial charge in [0.25, 0.3) is 0 Å². The number of ether oxygens (including phenoxy) is 1. The van der Waals surface area contributed by atoms with Crippen molar-refractivity contribution in [2.24, 2.45) is 0 Å². The highest BCUT2D eigenvalue weighted by molar-refractivity contribution is 5.44. The van der Waals surface area contributed by atoms with E-state index in [1.165, 1.54) is 6.33 Å². The van der Waals surface area contributed by atoms with Crippen LogP contribution in [0.5, 0.6) is 17.4 Å². The van der Waals surface area contributed by atoms with Gasteiger partial charge in [-0.25, -0.2) is 9.97 Å². The topological polar surface area (TPSA) is 55.2 Å². The zero-order chi connectivity index (χ0) is 13.0. The Labute approximate surface area is 106 Å². The summed E-state index contributed by atoms with van der Waals surface area (Å²) in [4.78, 5) is 8.24. The summed E-state index contributed by atoms with van der Waals surface area (Å²) in [5.41, 5.74) is 1.66. The maximum absolute atomic E-state index is 9.60. The molecule has 0 spiro atoms. The molecule has 0 aliphatic heterocycles. The average molecular weight is 244 g/mol. The molecule has 0 fully saturated rings. The van der Waals surface area contributed by atoms with E-state index in [1.54, 1.807) is 25.1 Å². The molecule has 0 unspecified atom stereocenters. The molecule has 1 heterocycles. The second kappa shape index (κ2) is 5.49. The van der Waals surface area contributed by atoms with E-state index in [0.717, 1.165) is 18.5 Å². The molecule has 1 aromatic carbocycles. The summed E-state index contributed by atoms with van der Waals surface area (Å²) in [6.07, 6.45) is 3.43. The quantitative estimate of drug-likeness (QED) is 0.897. The van der Waals surface area contributed by atoms with Gasteiger partial charge in [-0.1, -0.05) is 19.4 Å². The van der Waals surface area contributed by atoms with E-state index in [9.17, 15) is 5.11 Å². The number of aromatic hydroxyl groups is 1. The van der Waals surface area contributed by atoms with Crippen LogP contribution in [0.1, 0.15) is 24.6 Å². The van der Waals surface area contributed by atoms with Crippen molar-refractivity contribution in [2.75, 3.05) is 0 Å². The van der Waals surface area contributed by atoms with Crippen LogP contribution in [-0.4, -0.2) is 15.1 Å². The Balaban J connectivity index is 2.23. The number of aromatic nitrogens is 2. The minimum atomic E-state index is 0.218. The first-order chi connectivity index (χ1) is 8.70. The van der Waals surface area contributed by atoms with E-state index in [0.29, 0.717) is 17.2 Å². The molecule has 1 aromatic heterocycles. The summed E-state index contributed by atoms with van der Waals surface area (Å²) >= 11 is 0. The lowest BCUT2D eigenvalue weighted by Crippen LogP contribution is -1.95. The molecule has 1 N–H and O–H groups in total. The molecular weight excluding hydrogens is 228 g/mol. The molecule has 18 heavy (non-hydrogen) atoms. The van der Waals surface area contributed by atoms with Crippen molar-refractivity contribution >= 4 is 0 Å². The van der Waals surface area contributed by atoms with Gasteiger partial charge in [0.15, 0.2) is 0 Å². The van der Waals surface area contributed by atoms with E-state index in [1.807, 2.05) is 6.07 Å². The third kappa shape index (κ3) is 2.77. The fourth-order valence-electron chi connectivity index (χ4n) is 1.65. The predicted molar refractivity (Wildman–Crippen MR) is 68.9 cm³/mol. The van der Waals surface area contributed by atoms with E-state index in [4.69, 9.17) is 4.74 Å². The minimum Gasteiger partial charge on any atom is -0.508 e. The summed E-state index contributed by atoms with van der Waals surface area (Å²) in [6, 6.07) is 7.00. The van der Waals surface area contributed by atoms with Crippen LogP contribution in [-0.2, 0) is 6.42 Å². The molecule has 2 rings (SSSR count). The molecule has 0 atom stereocenters. The summed E-state index contributed by atoms with van der Waals surface area (Å²) in [6.45, 7) is 3.90. The molecule has 2 aromatic rings. The second-order valence-corrected chi connectivity index (χ2v) is 4.10. The third-order valence-electron chi connectivity index (χ3n) is 2.67. The standard InChI is InChI=1S/C14H16N2O2/c1-3-5-11-8-14(16-9-15-11)18-13-7-4-6-12(17)10(13)2/h4,6-9,17H,3,5H2,1-2H3. The molecule has 0 bridgehead atoms. The molecule has 0 radical (unpaired) electrons. The fourth-order valence-corrected chi connectivity index (χ4v) is 1.65. The van der Waals surface area contributed by atoms with Crippen molar-refractivity contribution in [3.05, 3.63) is 41.9 Å². The zero-order valence-corrected chi connectivity index (χ0v) is 10.6. The lowest BCUT2D eigenvalue weighted by Gasteiger charge is -2.09. The Kier molecular flexibility index (Phi) is 3.77. The normalized spacial score (nSPS) is 10.3. The van der Waals surface area contributed by atoms with Gasteiger partial charge in [-0.05, 0) is 25.5 Å². The van der Waals surface area contributed by atoms with Gasteiger partial charge >= 0.3 is 0 Å². The monoisotopic (exact) mass is 244 g/mol. The van der Waals surface area contributed by atoms with Gasteiger partial charge in [-0.15, -0.1) is 0 Å².